The predicted molar refractivity (Wildman–Crippen MR) is 155 cm³/mol. The lowest BCUT2D eigenvalue weighted by atomic mass is 9.57. The van der Waals surface area contributed by atoms with E-state index in [1.54, 1.807) is 0 Å². The van der Waals surface area contributed by atoms with E-state index in [0.29, 0.717) is 26.2 Å². The Kier molecular flexibility index (Phi) is 8.41. The second-order valence-corrected chi connectivity index (χ2v) is 19.2. The van der Waals surface area contributed by atoms with Gasteiger partial charge in [0.1, 0.15) is 5.75 Å². The molecule has 3 aliphatic rings. The zero-order valence-electron chi connectivity index (χ0n) is 25.8. The first-order chi connectivity index (χ1) is 18.1. The van der Waals surface area contributed by atoms with Crippen LogP contribution in [0.5, 0.6) is 5.75 Å². The molecule has 0 spiro atoms. The van der Waals surface area contributed by atoms with Gasteiger partial charge in [-0.3, -0.25) is 4.79 Å². The molecule has 4 rings (SSSR count). The summed E-state index contributed by atoms with van der Waals surface area (Å²) in [4.78, 5) is 26.4. The average molecular weight is 562 g/mol. The Morgan fingerprint density at radius 3 is 2.36 bits per heavy atom. The molecule has 0 radical (unpaired) electrons. The minimum Gasteiger partial charge on any atom is -0.543 e. The predicted octanol–water partition coefficient (Wildman–Crippen LogP) is 6.82. The van der Waals surface area contributed by atoms with Crippen molar-refractivity contribution in [1.29, 1.82) is 0 Å². The Hall–Kier alpha value is -1.45. The van der Waals surface area contributed by atoms with Crippen LogP contribution in [0.15, 0.2) is 24.3 Å². The lowest BCUT2D eigenvalue weighted by Gasteiger charge is -2.61. The molecule has 220 valence electrons. The number of carbonyl (C=O) groups excluding carboxylic acids is 1. The molecular formula is C31H51NO6Si. The normalized spacial score (nSPS) is 26.8. The fraction of sp³-hybridized carbons (Fsp3) is 0.774. The van der Waals surface area contributed by atoms with Crippen molar-refractivity contribution in [3.63, 3.8) is 0 Å². The monoisotopic (exact) mass is 561 g/mol. The van der Waals surface area contributed by atoms with Gasteiger partial charge in [-0.2, -0.15) is 4.89 Å². The molecule has 8 heteroatoms. The molecule has 0 aliphatic carbocycles. The lowest BCUT2D eigenvalue weighted by molar-refractivity contribution is -0.628. The summed E-state index contributed by atoms with van der Waals surface area (Å²) in [5, 5.41) is 0.0910. The molecule has 0 saturated carbocycles. The molecule has 3 saturated heterocycles. The number of unbranched alkanes of at least 4 members (excludes halogenated alkanes) is 1. The van der Waals surface area contributed by atoms with E-state index in [1.807, 2.05) is 23.1 Å². The van der Waals surface area contributed by atoms with Gasteiger partial charge in [-0.15, -0.1) is 0 Å². The Labute approximate surface area is 236 Å². The van der Waals surface area contributed by atoms with Gasteiger partial charge in [-0.1, -0.05) is 60.6 Å². The number of ether oxygens (including phenoxy) is 2. The summed E-state index contributed by atoms with van der Waals surface area (Å²) >= 11 is 0. The Balaban J connectivity index is 1.45. The molecule has 1 aromatic carbocycles. The van der Waals surface area contributed by atoms with Crippen LogP contribution in [-0.2, 0) is 29.8 Å². The third kappa shape index (κ3) is 5.32. The summed E-state index contributed by atoms with van der Waals surface area (Å²) in [6.45, 7) is 23.4. The topological polar surface area (TPSA) is 66.5 Å². The molecule has 0 bridgehead atoms. The van der Waals surface area contributed by atoms with Gasteiger partial charge in [0.05, 0.1) is 13.2 Å². The van der Waals surface area contributed by atoms with Crippen molar-refractivity contribution in [1.82, 2.24) is 4.90 Å². The highest BCUT2D eigenvalue weighted by molar-refractivity contribution is 6.74. The average Bonchev–Trinajstić information content (AvgIpc) is 3.39. The second-order valence-electron chi connectivity index (χ2n) is 14.5. The standard InChI is InChI=1S/C31H51NO6Si/c1-27(2,3)39(8,9)36-25-16-14-15-24(21-25)30-31(38-37-30,29(6,7)23-35-30)28(4,5)22-34-20-13-10-17-26(33)32-18-11-12-19-32/h14-16,21H,10-13,17-20,22-23H2,1-9H3. The number of carbonyl (C=O) groups is 1. The molecule has 3 aliphatic heterocycles. The summed E-state index contributed by atoms with van der Waals surface area (Å²) in [5.74, 6) is 0.0723. The van der Waals surface area contributed by atoms with E-state index < -0.39 is 25.1 Å². The summed E-state index contributed by atoms with van der Waals surface area (Å²) < 4.78 is 19.4. The number of hydrogen-bond acceptors (Lipinski definition) is 6. The van der Waals surface area contributed by atoms with Crippen molar-refractivity contribution < 1.29 is 28.5 Å². The summed E-state index contributed by atoms with van der Waals surface area (Å²) in [7, 11) is -2.02. The van der Waals surface area contributed by atoms with Crippen LogP contribution in [0, 0.1) is 10.8 Å². The van der Waals surface area contributed by atoms with Crippen LogP contribution in [-0.4, -0.2) is 57.6 Å². The van der Waals surface area contributed by atoms with Crippen molar-refractivity contribution in [2.75, 3.05) is 32.9 Å². The molecule has 1 aromatic rings. The first kappa shape index (κ1) is 30.5. The van der Waals surface area contributed by atoms with Gasteiger partial charge < -0.3 is 18.8 Å². The molecule has 1 amide bonds. The number of rotatable bonds is 11. The largest absolute Gasteiger partial charge is 0.543 e. The first-order valence-corrected chi connectivity index (χ1v) is 17.7. The third-order valence-corrected chi connectivity index (χ3v) is 13.9. The van der Waals surface area contributed by atoms with E-state index in [-0.39, 0.29) is 16.4 Å². The maximum atomic E-state index is 12.3. The van der Waals surface area contributed by atoms with Crippen molar-refractivity contribution in [3.05, 3.63) is 29.8 Å². The van der Waals surface area contributed by atoms with Gasteiger partial charge in [0.25, 0.3) is 5.79 Å². The minimum absolute atomic E-state index is 0.0910. The van der Waals surface area contributed by atoms with Gasteiger partial charge in [0.2, 0.25) is 14.2 Å². The number of likely N-dealkylation sites (tertiary alicyclic amines) is 1. The quantitative estimate of drug-likeness (QED) is 0.168. The molecule has 0 aromatic heterocycles. The van der Waals surface area contributed by atoms with Crippen molar-refractivity contribution in [2.45, 2.75) is 110 Å². The first-order valence-electron chi connectivity index (χ1n) is 14.7. The zero-order valence-corrected chi connectivity index (χ0v) is 26.8. The minimum atomic E-state index is -2.02. The fourth-order valence-electron chi connectivity index (χ4n) is 6.32. The van der Waals surface area contributed by atoms with Gasteiger partial charge in [-0.05, 0) is 55.9 Å². The van der Waals surface area contributed by atoms with Crippen LogP contribution in [0.25, 0.3) is 0 Å². The lowest BCUT2D eigenvalue weighted by Crippen LogP contribution is -2.74. The van der Waals surface area contributed by atoms with E-state index in [4.69, 9.17) is 23.7 Å². The Morgan fingerprint density at radius 1 is 1.05 bits per heavy atom. The van der Waals surface area contributed by atoms with Gasteiger partial charge >= 0.3 is 0 Å². The number of hydrogen-bond donors (Lipinski definition) is 0. The maximum Gasteiger partial charge on any atom is 0.261 e. The van der Waals surface area contributed by atoms with Crippen LogP contribution in [0.2, 0.25) is 18.1 Å². The molecule has 2 unspecified atom stereocenters. The molecule has 2 atom stereocenters. The van der Waals surface area contributed by atoms with E-state index in [0.717, 1.165) is 50.1 Å². The molecule has 0 N–H and O–H groups in total. The zero-order chi connectivity index (χ0) is 28.7. The Bertz CT molecular complexity index is 1030. The summed E-state index contributed by atoms with van der Waals surface area (Å²) in [6, 6.07) is 8.14. The molecule has 7 nitrogen and oxygen atoms in total. The summed E-state index contributed by atoms with van der Waals surface area (Å²) in [6.07, 6.45) is 4.57. The molecule has 3 heterocycles. The van der Waals surface area contributed by atoms with Crippen LogP contribution in [0.3, 0.4) is 0 Å². The van der Waals surface area contributed by atoms with Crippen molar-refractivity contribution >= 4 is 14.2 Å². The van der Waals surface area contributed by atoms with E-state index in [9.17, 15) is 4.79 Å². The van der Waals surface area contributed by atoms with Gasteiger partial charge in [0.15, 0.2) is 5.60 Å². The summed E-state index contributed by atoms with van der Waals surface area (Å²) in [5.41, 5.74) is -0.596. The highest BCUT2D eigenvalue weighted by atomic mass is 28.4. The van der Waals surface area contributed by atoms with E-state index in [2.05, 4.69) is 67.6 Å². The fourth-order valence-corrected chi connectivity index (χ4v) is 7.35. The van der Waals surface area contributed by atoms with Gasteiger partial charge in [0, 0.05) is 42.5 Å². The van der Waals surface area contributed by atoms with E-state index >= 15 is 0 Å². The highest BCUT2D eigenvalue weighted by Gasteiger charge is 2.82. The number of fused-ring (bicyclic) bond motifs is 1. The molecule has 3 fully saturated rings. The second kappa shape index (κ2) is 10.7. The molecule has 39 heavy (non-hydrogen) atoms. The Morgan fingerprint density at radius 2 is 1.74 bits per heavy atom. The van der Waals surface area contributed by atoms with Crippen LogP contribution >= 0.6 is 0 Å². The number of amides is 1. The SMILES string of the molecule is CC(C)(COCCCCC(=O)N1CCCC1)C12OOC1(c1cccc(O[Si](C)(C)C(C)(C)C)c1)OCC2(C)C. The number of nitrogens with zero attached hydrogens (tertiary/aromatic N) is 1. The third-order valence-electron chi connectivity index (χ3n) is 9.53. The van der Waals surface area contributed by atoms with Crippen LogP contribution < -0.4 is 4.43 Å². The van der Waals surface area contributed by atoms with Crippen LogP contribution in [0.4, 0.5) is 0 Å². The smallest absolute Gasteiger partial charge is 0.261 e. The number of benzene rings is 1. The highest BCUT2D eigenvalue weighted by Crippen LogP contribution is 2.69. The van der Waals surface area contributed by atoms with Crippen molar-refractivity contribution in [2.24, 2.45) is 10.8 Å². The maximum absolute atomic E-state index is 12.3. The van der Waals surface area contributed by atoms with Crippen LogP contribution in [0.1, 0.15) is 86.1 Å². The molecular weight excluding hydrogens is 510 g/mol. The van der Waals surface area contributed by atoms with E-state index in [1.165, 1.54) is 0 Å². The van der Waals surface area contributed by atoms with Gasteiger partial charge in [-0.25, -0.2) is 4.89 Å². The van der Waals surface area contributed by atoms with Crippen molar-refractivity contribution in [3.8, 4) is 5.75 Å².